The number of hydrogen-bond acceptors (Lipinski definition) is 4. The molecule has 0 saturated heterocycles. The van der Waals surface area contributed by atoms with E-state index in [1.54, 1.807) is 11.0 Å². The lowest BCUT2D eigenvalue weighted by Crippen LogP contribution is -2.39. The smallest absolute Gasteiger partial charge is 0.194 e. The number of guanidine groups is 1. The average molecular weight is 439 g/mol. The molecule has 0 amide bonds. The van der Waals surface area contributed by atoms with E-state index in [9.17, 15) is 0 Å². The molecule has 1 heterocycles. The summed E-state index contributed by atoms with van der Waals surface area (Å²) in [5.74, 6) is 2.93. The first-order valence-corrected chi connectivity index (χ1v) is 10.6. The maximum Gasteiger partial charge on any atom is 0.194 e. The maximum absolute atomic E-state index is 4.74. The van der Waals surface area contributed by atoms with Gasteiger partial charge in [-0.3, -0.25) is 9.67 Å². The number of nitrogens with one attached hydrogen (secondary N) is 1. The van der Waals surface area contributed by atoms with E-state index in [0.29, 0.717) is 6.54 Å². The summed E-state index contributed by atoms with van der Waals surface area (Å²) in [6, 6.07) is 8.36. The molecule has 0 unspecified atom stereocenters. The van der Waals surface area contributed by atoms with E-state index in [0.717, 1.165) is 43.5 Å². The predicted octanol–water partition coefficient (Wildman–Crippen LogP) is 3.55. The van der Waals surface area contributed by atoms with Gasteiger partial charge in [0.1, 0.15) is 12.2 Å². The first-order valence-electron chi connectivity index (χ1n) is 8.81. The molecule has 1 N–H and O–H groups in total. The van der Waals surface area contributed by atoms with Gasteiger partial charge < -0.3 is 10.2 Å². The van der Waals surface area contributed by atoms with Gasteiger partial charge in [0, 0.05) is 36.6 Å². The van der Waals surface area contributed by atoms with Crippen molar-refractivity contribution >= 4 is 33.7 Å². The molecule has 1 aromatic carbocycles. The summed E-state index contributed by atoms with van der Waals surface area (Å²) >= 11 is 5.48. The second-order valence-corrected chi connectivity index (χ2v) is 7.87. The molecule has 2 rings (SSSR count). The molecule has 6 nitrogen and oxygen atoms in total. The van der Waals surface area contributed by atoms with Crippen LogP contribution in [-0.4, -0.2) is 51.5 Å². The summed E-state index contributed by atoms with van der Waals surface area (Å²) in [5.41, 5.74) is 0. The van der Waals surface area contributed by atoms with Crippen LogP contribution in [0.3, 0.4) is 0 Å². The van der Waals surface area contributed by atoms with E-state index in [1.807, 2.05) is 31.9 Å². The third kappa shape index (κ3) is 6.64. The van der Waals surface area contributed by atoms with E-state index >= 15 is 0 Å². The van der Waals surface area contributed by atoms with Gasteiger partial charge >= 0.3 is 0 Å². The minimum atomic E-state index is 0.681. The normalized spacial score (nSPS) is 11.6. The standard InChI is InChI=1S/C18H27BrN6S/c1-4-20-18(24(2)13-17-22-14-23-25(17)3)21-11-7-8-12-26-16-10-6-5-9-15(16)19/h5-6,9-10,14H,4,7-8,11-13H2,1-3H3,(H,20,21). The number of rotatable bonds is 9. The van der Waals surface area contributed by atoms with Crippen LogP contribution in [0.15, 0.2) is 45.0 Å². The summed E-state index contributed by atoms with van der Waals surface area (Å²) in [6.07, 6.45) is 3.79. The highest BCUT2D eigenvalue weighted by molar-refractivity contribution is 9.10. The summed E-state index contributed by atoms with van der Waals surface area (Å²) in [5, 5.41) is 7.46. The quantitative estimate of drug-likeness (QED) is 0.280. The number of aryl methyl sites for hydroxylation is 1. The van der Waals surface area contributed by atoms with Crippen molar-refractivity contribution in [2.24, 2.45) is 12.0 Å². The number of thioether (sulfide) groups is 1. The Morgan fingerprint density at radius 3 is 2.85 bits per heavy atom. The van der Waals surface area contributed by atoms with Gasteiger partial charge in [0.05, 0.1) is 6.54 Å². The van der Waals surface area contributed by atoms with E-state index in [4.69, 9.17) is 4.99 Å². The van der Waals surface area contributed by atoms with Crippen LogP contribution in [0.25, 0.3) is 0 Å². The monoisotopic (exact) mass is 438 g/mol. The Labute approximate surface area is 168 Å². The lowest BCUT2D eigenvalue weighted by atomic mass is 10.3. The van der Waals surface area contributed by atoms with Gasteiger partial charge in [-0.25, -0.2) is 4.98 Å². The summed E-state index contributed by atoms with van der Waals surface area (Å²) in [6.45, 7) is 4.43. The van der Waals surface area contributed by atoms with Gasteiger partial charge in [-0.1, -0.05) is 12.1 Å². The molecule has 0 aliphatic carbocycles. The largest absolute Gasteiger partial charge is 0.357 e. The third-order valence-corrected chi connectivity index (χ3v) is 5.90. The van der Waals surface area contributed by atoms with Crippen LogP contribution < -0.4 is 5.32 Å². The molecule has 2 aromatic rings. The molecule has 0 spiro atoms. The zero-order chi connectivity index (χ0) is 18.8. The number of hydrogen-bond donors (Lipinski definition) is 1. The molecule has 0 bridgehead atoms. The zero-order valence-corrected chi connectivity index (χ0v) is 18.1. The first kappa shape index (κ1) is 20.8. The van der Waals surface area contributed by atoms with Crippen LogP contribution in [-0.2, 0) is 13.6 Å². The van der Waals surface area contributed by atoms with Crippen LogP contribution in [0, 0.1) is 0 Å². The minimum Gasteiger partial charge on any atom is -0.357 e. The molecule has 8 heteroatoms. The molecule has 1 aromatic heterocycles. The topological polar surface area (TPSA) is 58.3 Å². The average Bonchev–Trinajstić information content (AvgIpc) is 3.03. The number of aliphatic imine (C=N–C) groups is 1. The van der Waals surface area contributed by atoms with Crippen molar-refractivity contribution in [3.05, 3.63) is 40.9 Å². The molecule has 0 saturated carbocycles. The van der Waals surface area contributed by atoms with Gasteiger partial charge in [-0.2, -0.15) is 5.10 Å². The van der Waals surface area contributed by atoms with Gasteiger partial charge in [-0.05, 0) is 53.6 Å². The lowest BCUT2D eigenvalue weighted by molar-refractivity contribution is 0.448. The van der Waals surface area contributed by atoms with Crippen molar-refractivity contribution in [2.75, 3.05) is 25.9 Å². The highest BCUT2D eigenvalue weighted by Gasteiger charge is 2.09. The fourth-order valence-electron chi connectivity index (χ4n) is 2.36. The highest BCUT2D eigenvalue weighted by atomic mass is 79.9. The Morgan fingerprint density at radius 2 is 2.15 bits per heavy atom. The van der Waals surface area contributed by atoms with E-state index in [2.05, 4.69) is 61.4 Å². The van der Waals surface area contributed by atoms with Crippen molar-refractivity contribution in [1.82, 2.24) is 25.0 Å². The number of benzene rings is 1. The summed E-state index contributed by atoms with van der Waals surface area (Å²) in [7, 11) is 3.93. The fraction of sp³-hybridized carbons (Fsp3) is 0.500. The molecule has 0 fully saturated rings. The molecular formula is C18H27BrN6S. The number of unbranched alkanes of at least 4 members (excludes halogenated alkanes) is 1. The second kappa shape index (κ2) is 11.2. The van der Waals surface area contributed by atoms with Gasteiger partial charge in [-0.15, -0.1) is 11.8 Å². The number of halogens is 1. The highest BCUT2D eigenvalue weighted by Crippen LogP contribution is 2.27. The molecule has 0 radical (unpaired) electrons. The van der Waals surface area contributed by atoms with Crippen molar-refractivity contribution < 1.29 is 0 Å². The SMILES string of the molecule is CCNC(=NCCCCSc1ccccc1Br)N(C)Cc1ncnn1C. The number of aromatic nitrogens is 3. The van der Waals surface area contributed by atoms with Crippen LogP contribution in [0.4, 0.5) is 0 Å². The van der Waals surface area contributed by atoms with Crippen LogP contribution >= 0.6 is 27.7 Å². The number of nitrogens with zero attached hydrogens (tertiary/aromatic N) is 5. The van der Waals surface area contributed by atoms with E-state index < -0.39 is 0 Å². The Hall–Kier alpha value is -1.54. The van der Waals surface area contributed by atoms with Crippen molar-refractivity contribution in [3.8, 4) is 0 Å². The predicted molar refractivity (Wildman–Crippen MR) is 113 cm³/mol. The first-order chi connectivity index (χ1) is 12.6. The third-order valence-electron chi connectivity index (χ3n) is 3.79. The molecule has 26 heavy (non-hydrogen) atoms. The van der Waals surface area contributed by atoms with Crippen molar-refractivity contribution in [1.29, 1.82) is 0 Å². The molecule has 0 atom stereocenters. The van der Waals surface area contributed by atoms with Crippen molar-refractivity contribution in [2.45, 2.75) is 31.2 Å². The lowest BCUT2D eigenvalue weighted by Gasteiger charge is -2.21. The Morgan fingerprint density at radius 1 is 1.35 bits per heavy atom. The van der Waals surface area contributed by atoms with Crippen molar-refractivity contribution in [3.63, 3.8) is 0 Å². The van der Waals surface area contributed by atoms with Crippen LogP contribution in [0.5, 0.6) is 0 Å². The van der Waals surface area contributed by atoms with Crippen LogP contribution in [0.1, 0.15) is 25.6 Å². The minimum absolute atomic E-state index is 0.681. The zero-order valence-electron chi connectivity index (χ0n) is 15.7. The Kier molecular flexibility index (Phi) is 8.97. The van der Waals surface area contributed by atoms with Gasteiger partial charge in [0.2, 0.25) is 0 Å². The second-order valence-electron chi connectivity index (χ2n) is 5.88. The maximum atomic E-state index is 4.74. The Balaban J connectivity index is 1.75. The summed E-state index contributed by atoms with van der Waals surface area (Å²) in [4.78, 5) is 12.4. The van der Waals surface area contributed by atoms with E-state index in [1.165, 1.54) is 9.37 Å². The van der Waals surface area contributed by atoms with Crippen LogP contribution in [0.2, 0.25) is 0 Å². The molecule has 142 valence electrons. The fourth-order valence-corrected chi connectivity index (χ4v) is 3.94. The van der Waals surface area contributed by atoms with Gasteiger partial charge in [0.25, 0.3) is 0 Å². The van der Waals surface area contributed by atoms with E-state index in [-0.39, 0.29) is 0 Å². The van der Waals surface area contributed by atoms with Gasteiger partial charge in [0.15, 0.2) is 5.96 Å². The molecule has 0 aliphatic rings. The molecule has 0 aliphatic heterocycles. The Bertz CT molecular complexity index is 702. The molecular weight excluding hydrogens is 412 g/mol. The summed E-state index contributed by atoms with van der Waals surface area (Å²) < 4.78 is 2.96.